The van der Waals surface area contributed by atoms with E-state index in [0.29, 0.717) is 16.8 Å². The number of hydrogen-bond donors (Lipinski definition) is 1. The number of alkyl halides is 6. The molecule has 0 unspecified atom stereocenters. The monoisotopic (exact) mass is 714 g/mol. The number of anilines is 2. The van der Waals surface area contributed by atoms with Gasteiger partial charge in [0.05, 0.1) is 34.4 Å². The molecule has 1 aliphatic heterocycles. The molecule has 0 saturated carbocycles. The van der Waals surface area contributed by atoms with Crippen LogP contribution >= 0.6 is 35.1 Å². The third-order valence-electron chi connectivity index (χ3n) is 6.26. The Labute approximate surface area is 276 Å². The number of carbonyl (C=O) groups is 2. The Balaban J connectivity index is 1.29. The predicted octanol–water partition coefficient (Wildman–Crippen LogP) is 8.25. The highest BCUT2D eigenvalue weighted by molar-refractivity contribution is 8.15. The molecule has 3 aromatic carbocycles. The zero-order valence-corrected chi connectivity index (χ0v) is 26.3. The molecule has 0 radical (unpaired) electrons. The van der Waals surface area contributed by atoms with Crippen molar-refractivity contribution in [2.24, 2.45) is 4.99 Å². The summed E-state index contributed by atoms with van der Waals surface area (Å²) in [5.74, 6) is -0.215. The van der Waals surface area contributed by atoms with Crippen LogP contribution in [0.4, 0.5) is 42.5 Å². The lowest BCUT2D eigenvalue weighted by Gasteiger charge is -2.21. The minimum absolute atomic E-state index is 0.0164. The zero-order chi connectivity index (χ0) is 33.9. The van der Waals surface area contributed by atoms with Gasteiger partial charge < -0.3 is 10.1 Å². The number of nitrogens with one attached hydrogen (secondary N) is 1. The molecule has 1 N–H and O–H groups in total. The largest absolute Gasteiger partial charge is 0.446 e. The number of aromatic nitrogens is 3. The number of ether oxygens (including phenoxy) is 1. The summed E-state index contributed by atoms with van der Waals surface area (Å²) in [4.78, 5) is 35.1. The minimum atomic E-state index is -4.52. The topological polar surface area (TPSA) is 102 Å². The van der Waals surface area contributed by atoms with E-state index < -0.39 is 36.8 Å². The van der Waals surface area contributed by atoms with E-state index in [1.165, 1.54) is 52.3 Å². The molecule has 2 heterocycles. The van der Waals surface area contributed by atoms with Gasteiger partial charge in [0.1, 0.15) is 12.9 Å². The number of carbonyl (C=O) groups excluding carboxylic acids is 2. The van der Waals surface area contributed by atoms with Crippen molar-refractivity contribution in [3.63, 3.8) is 0 Å². The number of aliphatic imine (C=N–C) groups is 1. The summed E-state index contributed by atoms with van der Waals surface area (Å²) in [6.07, 6.45) is -3.14. The van der Waals surface area contributed by atoms with Crippen molar-refractivity contribution >= 4 is 63.6 Å². The maximum atomic E-state index is 12.9. The minimum Gasteiger partial charge on any atom is -0.367 e. The van der Waals surface area contributed by atoms with Crippen LogP contribution in [0.2, 0.25) is 5.02 Å². The Morgan fingerprint density at radius 1 is 1.09 bits per heavy atom. The summed E-state index contributed by atoms with van der Waals surface area (Å²) < 4.78 is 81.9. The first-order chi connectivity index (χ1) is 22.1. The molecule has 4 aromatic rings. The van der Waals surface area contributed by atoms with Gasteiger partial charge >= 0.3 is 17.7 Å². The fourth-order valence-corrected chi connectivity index (χ4v) is 5.89. The van der Waals surface area contributed by atoms with E-state index in [1.807, 2.05) is 0 Å². The summed E-state index contributed by atoms with van der Waals surface area (Å²) in [6.45, 7) is -0.151. The lowest BCUT2D eigenvalue weighted by molar-refractivity contribution is -0.176. The number of amides is 3. The highest BCUT2D eigenvalue weighted by Crippen LogP contribution is 2.37. The average molecular weight is 715 g/mol. The average Bonchev–Trinajstić information content (AvgIpc) is 3.61. The van der Waals surface area contributed by atoms with E-state index >= 15 is 0 Å². The highest BCUT2D eigenvalue weighted by Gasteiger charge is 2.33. The molecule has 18 heteroatoms. The second kappa shape index (κ2) is 14.0. The SMILES string of the molecule is Cc1ccc(COCC(F)(F)F)c(N2C(=O)CSC2=NC(=O)Nc2ccc(-c3ncn(-c4ccc(SC(F)(F)F)cc4)n3)cc2Cl)c1. The van der Waals surface area contributed by atoms with Crippen LogP contribution in [0.5, 0.6) is 0 Å². The number of benzene rings is 3. The van der Waals surface area contributed by atoms with Crippen molar-refractivity contribution in [3.05, 3.63) is 83.1 Å². The van der Waals surface area contributed by atoms with Crippen molar-refractivity contribution in [1.29, 1.82) is 0 Å². The number of aryl methyl sites for hydroxylation is 1. The van der Waals surface area contributed by atoms with Crippen molar-refractivity contribution in [2.75, 3.05) is 22.6 Å². The van der Waals surface area contributed by atoms with Gasteiger partial charge in [-0.1, -0.05) is 35.5 Å². The smallest absolute Gasteiger partial charge is 0.367 e. The van der Waals surface area contributed by atoms with Gasteiger partial charge in [-0.15, -0.1) is 5.10 Å². The molecule has 246 valence electrons. The zero-order valence-electron chi connectivity index (χ0n) is 23.9. The number of amidine groups is 1. The molecular formula is C29H21ClF6N6O3S2. The first kappa shape index (κ1) is 34.3. The van der Waals surface area contributed by atoms with Gasteiger partial charge in [0.15, 0.2) is 11.0 Å². The van der Waals surface area contributed by atoms with Crippen molar-refractivity contribution in [1.82, 2.24) is 14.8 Å². The van der Waals surface area contributed by atoms with Crippen molar-refractivity contribution in [2.45, 2.75) is 30.1 Å². The van der Waals surface area contributed by atoms with Gasteiger partial charge in [-0.2, -0.15) is 31.3 Å². The van der Waals surface area contributed by atoms with Crippen LogP contribution in [-0.4, -0.2) is 55.9 Å². The number of rotatable bonds is 8. The molecule has 5 rings (SSSR count). The van der Waals surface area contributed by atoms with Gasteiger partial charge in [-0.3, -0.25) is 9.69 Å². The molecule has 0 spiro atoms. The first-order valence-electron chi connectivity index (χ1n) is 13.3. The Kier molecular flexibility index (Phi) is 10.2. The number of thioether (sulfide) groups is 2. The first-order valence-corrected chi connectivity index (χ1v) is 15.5. The summed E-state index contributed by atoms with van der Waals surface area (Å²) in [7, 11) is 0. The van der Waals surface area contributed by atoms with Gasteiger partial charge in [-0.05, 0) is 72.8 Å². The Hall–Kier alpha value is -4.06. The van der Waals surface area contributed by atoms with Crippen LogP contribution in [-0.2, 0) is 16.1 Å². The van der Waals surface area contributed by atoms with Crippen LogP contribution in [0.25, 0.3) is 17.1 Å². The van der Waals surface area contributed by atoms with Crippen molar-refractivity contribution < 1.29 is 40.7 Å². The molecule has 1 aliphatic rings. The quantitative estimate of drug-likeness (QED) is 0.145. The van der Waals surface area contributed by atoms with E-state index in [4.69, 9.17) is 16.3 Å². The van der Waals surface area contributed by atoms with Crippen LogP contribution in [0.15, 0.2) is 76.9 Å². The Morgan fingerprint density at radius 2 is 1.83 bits per heavy atom. The lowest BCUT2D eigenvalue weighted by Crippen LogP contribution is -2.31. The van der Waals surface area contributed by atoms with E-state index in [1.54, 1.807) is 31.2 Å². The van der Waals surface area contributed by atoms with Gasteiger partial charge in [0, 0.05) is 16.0 Å². The summed E-state index contributed by atoms with van der Waals surface area (Å²) in [5, 5.41) is 7.02. The highest BCUT2D eigenvalue weighted by atomic mass is 35.5. The molecule has 0 aliphatic carbocycles. The van der Waals surface area contributed by atoms with Crippen LogP contribution < -0.4 is 10.2 Å². The van der Waals surface area contributed by atoms with E-state index in [2.05, 4.69) is 20.4 Å². The normalized spacial score (nSPS) is 14.7. The second-order valence-corrected chi connectivity index (χ2v) is 12.3. The van der Waals surface area contributed by atoms with Crippen LogP contribution in [0, 0.1) is 6.92 Å². The van der Waals surface area contributed by atoms with E-state index in [-0.39, 0.29) is 49.8 Å². The number of hydrogen-bond acceptors (Lipinski definition) is 7. The number of urea groups is 1. The molecule has 47 heavy (non-hydrogen) atoms. The molecule has 1 saturated heterocycles. The summed E-state index contributed by atoms with van der Waals surface area (Å²) >= 11 is 7.17. The molecular weight excluding hydrogens is 694 g/mol. The van der Waals surface area contributed by atoms with Crippen molar-refractivity contribution in [3.8, 4) is 17.1 Å². The fraction of sp³-hybridized carbons (Fsp3) is 0.207. The number of halogens is 7. The lowest BCUT2D eigenvalue weighted by atomic mass is 10.1. The maximum Gasteiger partial charge on any atom is 0.446 e. The fourth-order valence-electron chi connectivity index (χ4n) is 4.27. The molecule has 3 amide bonds. The second-order valence-electron chi connectivity index (χ2n) is 9.83. The number of nitrogens with zero attached hydrogens (tertiary/aromatic N) is 5. The molecule has 9 nitrogen and oxygen atoms in total. The third-order valence-corrected chi connectivity index (χ3v) is 8.24. The van der Waals surface area contributed by atoms with Crippen LogP contribution in [0.3, 0.4) is 0 Å². The predicted molar refractivity (Wildman–Crippen MR) is 167 cm³/mol. The maximum absolute atomic E-state index is 12.9. The van der Waals surface area contributed by atoms with Crippen LogP contribution in [0.1, 0.15) is 11.1 Å². The molecule has 0 bridgehead atoms. The van der Waals surface area contributed by atoms with Gasteiger partial charge in [0.25, 0.3) is 0 Å². The third kappa shape index (κ3) is 9.06. The standard InChI is InChI=1S/C29H21ClF6N6O3S2/c1-16-2-3-18(12-45-14-28(31,32)33)23(10-16)42-24(43)13-46-27(42)39-26(44)38-22-9-4-17(11-21(22)30)25-37-15-41(40-25)19-5-7-20(8-6-19)47-29(34,35)36/h2-11,15H,12-14H2,1H3,(H,38,44). The van der Waals surface area contributed by atoms with Gasteiger partial charge in [0.2, 0.25) is 5.91 Å². The summed E-state index contributed by atoms with van der Waals surface area (Å²) in [5.41, 5.74) is -1.99. The van der Waals surface area contributed by atoms with E-state index in [9.17, 15) is 35.9 Å². The molecule has 1 aromatic heterocycles. The Bertz CT molecular complexity index is 1830. The van der Waals surface area contributed by atoms with E-state index in [0.717, 1.165) is 17.3 Å². The molecule has 0 atom stereocenters. The Morgan fingerprint density at radius 3 is 2.51 bits per heavy atom. The summed E-state index contributed by atoms with van der Waals surface area (Å²) in [6, 6.07) is 14.1. The molecule has 1 fully saturated rings. The van der Waals surface area contributed by atoms with Gasteiger partial charge in [-0.25, -0.2) is 14.5 Å².